The van der Waals surface area contributed by atoms with Crippen LogP contribution in [0.5, 0.6) is 17.2 Å². The van der Waals surface area contributed by atoms with E-state index in [-0.39, 0.29) is 12.0 Å². The molecule has 0 radical (unpaired) electrons. The number of hydrogen-bond acceptors (Lipinski definition) is 4. The van der Waals surface area contributed by atoms with Gasteiger partial charge in [0.1, 0.15) is 18.5 Å². The van der Waals surface area contributed by atoms with Crippen LogP contribution in [0.15, 0.2) is 66.7 Å². The van der Waals surface area contributed by atoms with Gasteiger partial charge < -0.3 is 19.5 Å². The van der Waals surface area contributed by atoms with Crippen molar-refractivity contribution < 1.29 is 19.0 Å². The molecule has 144 valence electrons. The molecule has 1 N–H and O–H groups in total. The molecule has 0 saturated heterocycles. The zero-order valence-corrected chi connectivity index (χ0v) is 15.8. The SMILES string of the molecule is CC[C@H](Oc1ccc2ccccc2c1)C(=O)NC[C@@H]1COc2ccccc2O1. The third kappa shape index (κ3) is 4.03. The molecule has 2 atom stereocenters. The third-order valence-corrected chi connectivity index (χ3v) is 4.73. The second kappa shape index (κ2) is 8.21. The van der Waals surface area contributed by atoms with E-state index in [4.69, 9.17) is 14.2 Å². The Hall–Kier alpha value is -3.21. The molecule has 3 aromatic rings. The molecule has 1 aliphatic rings. The normalized spacial score (nSPS) is 16.4. The van der Waals surface area contributed by atoms with Gasteiger partial charge in [0.2, 0.25) is 0 Å². The van der Waals surface area contributed by atoms with Gasteiger partial charge in [-0.25, -0.2) is 0 Å². The molecular weight excluding hydrogens is 354 g/mol. The van der Waals surface area contributed by atoms with Crippen molar-refractivity contribution in [1.29, 1.82) is 0 Å². The second-order valence-electron chi connectivity index (χ2n) is 6.77. The van der Waals surface area contributed by atoms with Crippen LogP contribution in [0.25, 0.3) is 10.8 Å². The van der Waals surface area contributed by atoms with Gasteiger partial charge in [-0.15, -0.1) is 0 Å². The Balaban J connectivity index is 1.35. The maximum Gasteiger partial charge on any atom is 0.261 e. The molecule has 28 heavy (non-hydrogen) atoms. The maximum absolute atomic E-state index is 12.6. The molecule has 5 nitrogen and oxygen atoms in total. The fourth-order valence-electron chi connectivity index (χ4n) is 3.22. The highest BCUT2D eigenvalue weighted by Gasteiger charge is 2.24. The van der Waals surface area contributed by atoms with Crippen LogP contribution >= 0.6 is 0 Å². The number of hydrogen-bond donors (Lipinski definition) is 1. The van der Waals surface area contributed by atoms with Gasteiger partial charge in [-0.1, -0.05) is 49.4 Å². The highest BCUT2D eigenvalue weighted by atomic mass is 16.6. The molecule has 0 aliphatic carbocycles. The van der Waals surface area contributed by atoms with Crippen LogP contribution < -0.4 is 19.5 Å². The maximum atomic E-state index is 12.6. The van der Waals surface area contributed by atoms with Crippen LogP contribution in [-0.2, 0) is 4.79 Å². The molecule has 3 aromatic carbocycles. The minimum Gasteiger partial charge on any atom is -0.486 e. The van der Waals surface area contributed by atoms with Gasteiger partial charge in [0.05, 0.1) is 6.54 Å². The molecular formula is C23H23NO4. The molecule has 0 fully saturated rings. The molecule has 5 heteroatoms. The van der Waals surface area contributed by atoms with Crippen molar-refractivity contribution in [3.63, 3.8) is 0 Å². The largest absolute Gasteiger partial charge is 0.486 e. The number of carbonyl (C=O) groups is 1. The summed E-state index contributed by atoms with van der Waals surface area (Å²) in [6.45, 7) is 2.70. The first-order chi connectivity index (χ1) is 13.7. The molecule has 4 rings (SSSR count). The molecule has 0 saturated carbocycles. The van der Waals surface area contributed by atoms with Gasteiger partial charge >= 0.3 is 0 Å². The quantitative estimate of drug-likeness (QED) is 0.707. The van der Waals surface area contributed by atoms with Crippen molar-refractivity contribution in [2.24, 2.45) is 0 Å². The van der Waals surface area contributed by atoms with Crippen LogP contribution in [0.3, 0.4) is 0 Å². The zero-order valence-electron chi connectivity index (χ0n) is 15.8. The smallest absolute Gasteiger partial charge is 0.261 e. The van der Waals surface area contributed by atoms with Gasteiger partial charge in [0.25, 0.3) is 5.91 Å². The Bertz CT molecular complexity index is 971. The number of para-hydroxylation sites is 2. The van der Waals surface area contributed by atoms with E-state index in [2.05, 4.69) is 5.32 Å². The van der Waals surface area contributed by atoms with Crippen molar-refractivity contribution in [3.8, 4) is 17.2 Å². The fraction of sp³-hybridized carbons (Fsp3) is 0.261. The summed E-state index contributed by atoms with van der Waals surface area (Å²) < 4.78 is 17.5. The summed E-state index contributed by atoms with van der Waals surface area (Å²) in [6, 6.07) is 21.5. The van der Waals surface area contributed by atoms with Crippen molar-refractivity contribution in [3.05, 3.63) is 66.7 Å². The highest BCUT2D eigenvalue weighted by Crippen LogP contribution is 2.30. The van der Waals surface area contributed by atoms with E-state index in [0.717, 1.165) is 16.5 Å². The van der Waals surface area contributed by atoms with Crippen LogP contribution in [0, 0.1) is 0 Å². The van der Waals surface area contributed by atoms with Crippen LogP contribution in [0.4, 0.5) is 0 Å². The summed E-state index contributed by atoms with van der Waals surface area (Å²) in [5.74, 6) is 1.97. The summed E-state index contributed by atoms with van der Waals surface area (Å²) in [5, 5.41) is 5.15. The highest BCUT2D eigenvalue weighted by molar-refractivity contribution is 5.84. The average molecular weight is 377 g/mol. The number of ether oxygens (including phenoxy) is 3. The predicted octanol–water partition coefficient (Wildman–Crippen LogP) is 3.95. The number of nitrogens with one attached hydrogen (secondary N) is 1. The Kier molecular flexibility index (Phi) is 5.33. The fourth-order valence-corrected chi connectivity index (χ4v) is 3.22. The first kappa shape index (κ1) is 18.2. The predicted molar refractivity (Wildman–Crippen MR) is 108 cm³/mol. The summed E-state index contributed by atoms with van der Waals surface area (Å²) in [6.07, 6.45) is -0.209. The standard InChI is InChI=1S/C23H23NO4/c1-2-20(27-18-12-11-16-7-3-4-8-17(16)13-18)23(25)24-14-19-15-26-21-9-5-6-10-22(21)28-19/h3-13,19-20H,2,14-15H2,1H3,(H,24,25)/t19-,20+/m1/s1. The summed E-state index contributed by atoms with van der Waals surface area (Å²) >= 11 is 0. The van der Waals surface area contributed by atoms with E-state index >= 15 is 0 Å². The number of benzene rings is 3. The molecule has 1 amide bonds. The first-order valence-corrected chi connectivity index (χ1v) is 9.54. The lowest BCUT2D eigenvalue weighted by Crippen LogP contribution is -2.45. The topological polar surface area (TPSA) is 56.8 Å². The Morgan fingerprint density at radius 2 is 1.82 bits per heavy atom. The van der Waals surface area contributed by atoms with Crippen molar-refractivity contribution in [1.82, 2.24) is 5.32 Å². The lowest BCUT2D eigenvalue weighted by atomic mass is 10.1. The van der Waals surface area contributed by atoms with E-state index in [1.807, 2.05) is 73.7 Å². The van der Waals surface area contributed by atoms with Crippen molar-refractivity contribution in [2.45, 2.75) is 25.6 Å². The lowest BCUT2D eigenvalue weighted by molar-refractivity contribution is -0.128. The zero-order chi connectivity index (χ0) is 19.3. The van der Waals surface area contributed by atoms with Gasteiger partial charge in [0.15, 0.2) is 17.6 Å². The molecule has 0 unspecified atom stereocenters. The number of carbonyl (C=O) groups excluding carboxylic acids is 1. The summed E-state index contributed by atoms with van der Waals surface area (Å²) in [7, 11) is 0. The van der Waals surface area contributed by atoms with Crippen LogP contribution in [0.1, 0.15) is 13.3 Å². The van der Waals surface area contributed by atoms with E-state index in [9.17, 15) is 4.79 Å². The van der Waals surface area contributed by atoms with Crippen molar-refractivity contribution >= 4 is 16.7 Å². The van der Waals surface area contributed by atoms with Crippen LogP contribution in [-0.4, -0.2) is 31.3 Å². The van der Waals surface area contributed by atoms with Gasteiger partial charge in [0, 0.05) is 0 Å². The Morgan fingerprint density at radius 1 is 1.07 bits per heavy atom. The van der Waals surface area contributed by atoms with E-state index in [1.54, 1.807) is 0 Å². The molecule has 0 spiro atoms. The monoisotopic (exact) mass is 377 g/mol. The molecule has 0 aromatic heterocycles. The van der Waals surface area contributed by atoms with Gasteiger partial charge in [-0.05, 0) is 41.5 Å². The minimum atomic E-state index is -0.557. The van der Waals surface area contributed by atoms with Gasteiger partial charge in [-0.3, -0.25) is 4.79 Å². The summed E-state index contributed by atoms with van der Waals surface area (Å²) in [4.78, 5) is 12.6. The van der Waals surface area contributed by atoms with Crippen LogP contribution in [0.2, 0.25) is 0 Å². The van der Waals surface area contributed by atoms with Gasteiger partial charge in [-0.2, -0.15) is 0 Å². The van der Waals surface area contributed by atoms with E-state index in [1.165, 1.54) is 0 Å². The summed E-state index contributed by atoms with van der Waals surface area (Å²) in [5.41, 5.74) is 0. The lowest BCUT2D eigenvalue weighted by Gasteiger charge is -2.27. The second-order valence-corrected chi connectivity index (χ2v) is 6.77. The molecule has 1 heterocycles. The molecule has 0 bridgehead atoms. The number of fused-ring (bicyclic) bond motifs is 2. The number of amides is 1. The molecule has 1 aliphatic heterocycles. The Morgan fingerprint density at radius 3 is 2.64 bits per heavy atom. The van der Waals surface area contributed by atoms with E-state index < -0.39 is 6.10 Å². The van der Waals surface area contributed by atoms with E-state index in [0.29, 0.717) is 31.1 Å². The average Bonchev–Trinajstić information content (AvgIpc) is 2.75. The Labute approximate surface area is 164 Å². The third-order valence-electron chi connectivity index (χ3n) is 4.73. The minimum absolute atomic E-state index is 0.155. The first-order valence-electron chi connectivity index (χ1n) is 9.54. The number of rotatable bonds is 6. The van der Waals surface area contributed by atoms with Crippen molar-refractivity contribution in [2.75, 3.05) is 13.2 Å².